The Labute approximate surface area is 123 Å². The molecule has 1 N–H and O–H groups in total. The van der Waals surface area contributed by atoms with E-state index >= 15 is 0 Å². The highest BCUT2D eigenvalue weighted by atomic mass is 79.9. The molecule has 2 aromatic rings. The summed E-state index contributed by atoms with van der Waals surface area (Å²) >= 11 is 3.37. The Hall–Kier alpha value is -1.82. The van der Waals surface area contributed by atoms with Crippen LogP contribution in [0.4, 0.5) is 0 Å². The van der Waals surface area contributed by atoms with Crippen molar-refractivity contribution in [2.45, 2.75) is 6.42 Å². The number of carboxylic acids is 1. The van der Waals surface area contributed by atoms with E-state index in [0.29, 0.717) is 18.5 Å². The van der Waals surface area contributed by atoms with E-state index in [0.717, 1.165) is 9.86 Å². The van der Waals surface area contributed by atoms with Crippen LogP contribution in [-0.4, -0.2) is 35.0 Å². The zero-order chi connectivity index (χ0) is 14.3. The number of fused-ring (bicyclic) bond motifs is 1. The van der Waals surface area contributed by atoms with Gasteiger partial charge in [-0.1, -0.05) is 15.9 Å². The van der Waals surface area contributed by atoms with E-state index in [9.17, 15) is 9.59 Å². The molecule has 0 aliphatic carbocycles. The maximum Gasteiger partial charge on any atom is 0.308 e. The lowest BCUT2D eigenvalue weighted by molar-refractivity contribution is -0.141. The quantitative estimate of drug-likeness (QED) is 0.914. The summed E-state index contributed by atoms with van der Waals surface area (Å²) < 4.78 is 6.45. The number of halogens is 1. The molecular formula is C14H12BrNO4. The molecule has 0 spiro atoms. The lowest BCUT2D eigenvalue weighted by Gasteiger charge is -2.13. The summed E-state index contributed by atoms with van der Waals surface area (Å²) in [6.45, 7) is 0.700. The van der Waals surface area contributed by atoms with Gasteiger partial charge in [-0.05, 0) is 30.7 Å². The molecule has 3 rings (SSSR count). The van der Waals surface area contributed by atoms with Crippen LogP contribution in [0.15, 0.2) is 33.2 Å². The third-order valence-corrected chi connectivity index (χ3v) is 4.01. The van der Waals surface area contributed by atoms with Crippen LogP contribution in [-0.2, 0) is 4.79 Å². The van der Waals surface area contributed by atoms with Gasteiger partial charge in [-0.25, -0.2) is 0 Å². The van der Waals surface area contributed by atoms with E-state index < -0.39 is 11.9 Å². The van der Waals surface area contributed by atoms with Crippen LogP contribution in [0.25, 0.3) is 11.0 Å². The van der Waals surface area contributed by atoms with E-state index in [-0.39, 0.29) is 18.2 Å². The minimum absolute atomic E-state index is 0.245. The van der Waals surface area contributed by atoms with E-state index in [4.69, 9.17) is 9.52 Å². The van der Waals surface area contributed by atoms with Crippen molar-refractivity contribution in [2.24, 2.45) is 5.92 Å². The lowest BCUT2D eigenvalue weighted by Crippen LogP contribution is -2.29. The van der Waals surface area contributed by atoms with Gasteiger partial charge in [-0.2, -0.15) is 0 Å². The highest BCUT2D eigenvalue weighted by molar-refractivity contribution is 9.10. The average Bonchev–Trinajstić information content (AvgIpc) is 3.03. The van der Waals surface area contributed by atoms with Crippen molar-refractivity contribution in [1.29, 1.82) is 0 Å². The Morgan fingerprint density at radius 3 is 2.85 bits per heavy atom. The SMILES string of the molecule is O=C(O)C1CCN(C(=O)c2cc3cc(Br)ccc3o2)C1. The molecule has 1 fully saturated rings. The number of carboxylic acid groups (broad SMARTS) is 1. The molecule has 1 amide bonds. The number of hydrogen-bond acceptors (Lipinski definition) is 3. The molecule has 20 heavy (non-hydrogen) atoms. The second-order valence-electron chi connectivity index (χ2n) is 4.87. The van der Waals surface area contributed by atoms with Gasteiger partial charge in [0.1, 0.15) is 5.58 Å². The summed E-state index contributed by atoms with van der Waals surface area (Å²) in [5.74, 6) is -1.32. The summed E-state index contributed by atoms with van der Waals surface area (Å²) in [6.07, 6.45) is 0.493. The van der Waals surface area contributed by atoms with Crippen LogP contribution < -0.4 is 0 Å². The van der Waals surface area contributed by atoms with Gasteiger partial charge in [-0.15, -0.1) is 0 Å². The minimum atomic E-state index is -0.853. The van der Waals surface area contributed by atoms with E-state index in [1.807, 2.05) is 12.1 Å². The molecule has 104 valence electrons. The molecule has 0 bridgehead atoms. The van der Waals surface area contributed by atoms with Crippen LogP contribution >= 0.6 is 15.9 Å². The molecule has 2 heterocycles. The largest absolute Gasteiger partial charge is 0.481 e. The summed E-state index contributed by atoms with van der Waals surface area (Å²) in [5.41, 5.74) is 0.644. The van der Waals surface area contributed by atoms with Gasteiger partial charge < -0.3 is 14.4 Å². The molecule has 1 atom stereocenters. The zero-order valence-corrected chi connectivity index (χ0v) is 12.1. The Bertz CT molecular complexity index is 694. The number of hydrogen-bond donors (Lipinski definition) is 1. The van der Waals surface area contributed by atoms with E-state index in [2.05, 4.69) is 15.9 Å². The molecule has 1 saturated heterocycles. The fraction of sp³-hybridized carbons (Fsp3) is 0.286. The van der Waals surface area contributed by atoms with Crippen LogP contribution in [0, 0.1) is 5.92 Å². The van der Waals surface area contributed by atoms with Gasteiger partial charge in [0.25, 0.3) is 5.91 Å². The third kappa shape index (κ3) is 2.31. The summed E-state index contributed by atoms with van der Waals surface area (Å²) in [7, 11) is 0. The third-order valence-electron chi connectivity index (χ3n) is 3.51. The monoisotopic (exact) mass is 337 g/mol. The summed E-state index contributed by atoms with van der Waals surface area (Å²) in [6, 6.07) is 7.20. The second kappa shape index (κ2) is 4.94. The first-order chi connectivity index (χ1) is 9.54. The normalized spacial score (nSPS) is 18.6. The number of amides is 1. The number of rotatable bonds is 2. The molecule has 5 nitrogen and oxygen atoms in total. The van der Waals surface area contributed by atoms with Crippen LogP contribution in [0.2, 0.25) is 0 Å². The van der Waals surface area contributed by atoms with E-state index in [1.165, 1.54) is 4.90 Å². The van der Waals surface area contributed by atoms with Crippen molar-refractivity contribution in [1.82, 2.24) is 4.90 Å². The van der Waals surface area contributed by atoms with Gasteiger partial charge in [0.05, 0.1) is 5.92 Å². The number of aliphatic carboxylic acids is 1. The first-order valence-electron chi connectivity index (χ1n) is 6.26. The molecule has 1 unspecified atom stereocenters. The standard InChI is InChI=1S/C14H12BrNO4/c15-10-1-2-11-9(5-10)6-12(20-11)13(17)16-4-3-8(7-16)14(18)19/h1-2,5-6,8H,3-4,7H2,(H,18,19). The number of furan rings is 1. The number of likely N-dealkylation sites (tertiary alicyclic amines) is 1. The van der Waals surface area contributed by atoms with Crippen molar-refractivity contribution in [3.63, 3.8) is 0 Å². The predicted molar refractivity (Wildman–Crippen MR) is 75.6 cm³/mol. The van der Waals surface area contributed by atoms with Crippen LogP contribution in [0.1, 0.15) is 17.0 Å². The fourth-order valence-corrected chi connectivity index (χ4v) is 2.80. The lowest BCUT2D eigenvalue weighted by atomic mass is 10.1. The number of carbonyl (C=O) groups is 2. The number of nitrogens with zero attached hydrogens (tertiary/aromatic N) is 1. The zero-order valence-electron chi connectivity index (χ0n) is 10.5. The van der Waals surface area contributed by atoms with Crippen molar-refractivity contribution in [3.8, 4) is 0 Å². The Morgan fingerprint density at radius 1 is 1.35 bits per heavy atom. The molecule has 6 heteroatoms. The van der Waals surface area contributed by atoms with Crippen LogP contribution in [0.5, 0.6) is 0 Å². The average molecular weight is 338 g/mol. The van der Waals surface area contributed by atoms with Gasteiger partial charge in [-0.3, -0.25) is 9.59 Å². The number of carbonyl (C=O) groups excluding carboxylic acids is 1. The second-order valence-corrected chi connectivity index (χ2v) is 5.78. The molecule has 1 aliphatic rings. The van der Waals surface area contributed by atoms with Gasteiger partial charge in [0, 0.05) is 22.9 Å². The van der Waals surface area contributed by atoms with Crippen molar-refractivity contribution in [2.75, 3.05) is 13.1 Å². The Balaban J connectivity index is 1.84. The smallest absolute Gasteiger partial charge is 0.308 e. The summed E-state index contributed by atoms with van der Waals surface area (Å²) in [4.78, 5) is 24.7. The Kier molecular flexibility index (Phi) is 3.25. The van der Waals surface area contributed by atoms with Crippen molar-refractivity contribution >= 4 is 38.8 Å². The molecular weight excluding hydrogens is 326 g/mol. The maximum atomic E-state index is 12.3. The van der Waals surface area contributed by atoms with E-state index in [1.54, 1.807) is 12.1 Å². The van der Waals surface area contributed by atoms with Gasteiger partial charge in [0.2, 0.25) is 0 Å². The van der Waals surface area contributed by atoms with Crippen molar-refractivity contribution < 1.29 is 19.1 Å². The molecule has 1 aromatic carbocycles. The molecule has 1 aromatic heterocycles. The molecule has 0 saturated carbocycles. The Morgan fingerprint density at radius 2 is 2.15 bits per heavy atom. The highest BCUT2D eigenvalue weighted by Gasteiger charge is 2.32. The highest BCUT2D eigenvalue weighted by Crippen LogP contribution is 2.25. The van der Waals surface area contributed by atoms with Gasteiger partial charge >= 0.3 is 5.97 Å². The molecule has 1 aliphatic heterocycles. The fourth-order valence-electron chi connectivity index (χ4n) is 2.42. The first-order valence-corrected chi connectivity index (χ1v) is 7.05. The van der Waals surface area contributed by atoms with Crippen LogP contribution in [0.3, 0.4) is 0 Å². The van der Waals surface area contributed by atoms with Crippen molar-refractivity contribution in [3.05, 3.63) is 34.5 Å². The van der Waals surface area contributed by atoms with Gasteiger partial charge in [0.15, 0.2) is 5.76 Å². The maximum absolute atomic E-state index is 12.3. The minimum Gasteiger partial charge on any atom is -0.481 e. The predicted octanol–water partition coefficient (Wildman–Crippen LogP) is 2.74. The molecule has 0 radical (unpaired) electrons. The topological polar surface area (TPSA) is 70.8 Å². The first kappa shape index (κ1) is 13.2. The number of benzene rings is 1. The summed E-state index contributed by atoms with van der Waals surface area (Å²) in [5, 5.41) is 9.81.